The summed E-state index contributed by atoms with van der Waals surface area (Å²) in [4.78, 5) is 0. The molecular formula is C14H20BrN5O. The quantitative estimate of drug-likeness (QED) is 0.583. The van der Waals surface area contributed by atoms with E-state index in [4.69, 9.17) is 10.5 Å². The van der Waals surface area contributed by atoms with Gasteiger partial charge in [0, 0.05) is 35.5 Å². The van der Waals surface area contributed by atoms with Crippen LogP contribution in [-0.2, 0) is 11.3 Å². The Morgan fingerprint density at radius 3 is 2.81 bits per heavy atom. The van der Waals surface area contributed by atoms with Gasteiger partial charge in [-0.1, -0.05) is 29.3 Å². The Bertz CT molecular complexity index is 552. The number of aromatic nitrogens is 4. The number of nitrogens with two attached hydrogens (primary N) is 1. The number of unbranched alkanes of at least 4 members (excludes halogenated alkanes) is 1. The summed E-state index contributed by atoms with van der Waals surface area (Å²) in [5, 5.41) is 11.9. The summed E-state index contributed by atoms with van der Waals surface area (Å²) in [5.41, 5.74) is 7.44. The van der Waals surface area contributed by atoms with Crippen LogP contribution in [0.15, 0.2) is 22.7 Å². The van der Waals surface area contributed by atoms with Crippen molar-refractivity contribution in [1.29, 1.82) is 0 Å². The number of benzene rings is 1. The molecule has 0 radical (unpaired) electrons. The number of anilines is 1. The molecule has 2 rings (SSSR count). The number of halogens is 1. The van der Waals surface area contributed by atoms with E-state index in [0.29, 0.717) is 5.69 Å². The average Bonchev–Trinajstić information content (AvgIpc) is 2.90. The lowest BCUT2D eigenvalue weighted by Crippen LogP contribution is -2.07. The molecule has 0 saturated heterocycles. The van der Waals surface area contributed by atoms with E-state index in [9.17, 15) is 0 Å². The minimum absolute atomic E-state index is 0.678. The normalized spacial score (nSPS) is 11.0. The van der Waals surface area contributed by atoms with Crippen molar-refractivity contribution in [2.75, 3.05) is 18.9 Å². The van der Waals surface area contributed by atoms with Crippen molar-refractivity contribution < 1.29 is 4.74 Å². The number of nitrogens with zero attached hydrogens (tertiary/aromatic N) is 4. The van der Waals surface area contributed by atoms with Crippen LogP contribution in [0.5, 0.6) is 0 Å². The molecule has 0 saturated carbocycles. The van der Waals surface area contributed by atoms with Crippen LogP contribution in [0.25, 0.3) is 11.4 Å². The summed E-state index contributed by atoms with van der Waals surface area (Å²) in [6.45, 7) is 4.42. The first-order valence-corrected chi connectivity index (χ1v) is 7.90. The number of hydrogen-bond acceptors (Lipinski definition) is 5. The number of aryl methyl sites for hydroxylation is 1. The SMILES string of the molecule is CCCCOCCCn1nnnc1-c1cc(N)cc(Br)c1. The summed E-state index contributed by atoms with van der Waals surface area (Å²) in [6.07, 6.45) is 3.14. The minimum Gasteiger partial charge on any atom is -0.399 e. The molecule has 1 heterocycles. The van der Waals surface area contributed by atoms with E-state index in [1.165, 1.54) is 0 Å². The zero-order valence-corrected chi connectivity index (χ0v) is 13.7. The second kappa shape index (κ2) is 8.09. The number of ether oxygens (including phenoxy) is 1. The lowest BCUT2D eigenvalue weighted by molar-refractivity contribution is 0.125. The van der Waals surface area contributed by atoms with Crippen molar-refractivity contribution in [1.82, 2.24) is 20.2 Å². The van der Waals surface area contributed by atoms with E-state index in [-0.39, 0.29) is 0 Å². The summed E-state index contributed by atoms with van der Waals surface area (Å²) in [7, 11) is 0. The first-order chi connectivity index (χ1) is 10.2. The van der Waals surface area contributed by atoms with Crippen LogP contribution in [0, 0.1) is 0 Å². The Labute approximate surface area is 132 Å². The van der Waals surface area contributed by atoms with E-state index in [1.807, 2.05) is 18.2 Å². The lowest BCUT2D eigenvalue weighted by atomic mass is 10.2. The molecule has 0 amide bonds. The molecule has 2 N–H and O–H groups in total. The van der Waals surface area contributed by atoms with Crippen LogP contribution < -0.4 is 5.73 Å². The van der Waals surface area contributed by atoms with E-state index in [1.54, 1.807) is 4.68 Å². The van der Waals surface area contributed by atoms with Gasteiger partial charge in [-0.15, -0.1) is 5.10 Å². The zero-order valence-electron chi connectivity index (χ0n) is 12.1. The molecular weight excluding hydrogens is 334 g/mol. The topological polar surface area (TPSA) is 78.8 Å². The summed E-state index contributed by atoms with van der Waals surface area (Å²) in [6, 6.07) is 5.67. The molecule has 0 unspecified atom stereocenters. The second-order valence-electron chi connectivity index (χ2n) is 4.82. The van der Waals surface area contributed by atoms with Gasteiger partial charge in [-0.25, -0.2) is 4.68 Å². The molecule has 0 atom stereocenters. The summed E-state index contributed by atoms with van der Waals surface area (Å²) < 4.78 is 8.24. The Kier molecular flexibility index (Phi) is 6.13. The Morgan fingerprint density at radius 1 is 1.24 bits per heavy atom. The maximum Gasteiger partial charge on any atom is 0.182 e. The highest BCUT2D eigenvalue weighted by atomic mass is 79.9. The molecule has 0 spiro atoms. The van der Waals surface area contributed by atoms with Gasteiger partial charge in [0.2, 0.25) is 0 Å². The minimum atomic E-state index is 0.678. The van der Waals surface area contributed by atoms with E-state index < -0.39 is 0 Å². The molecule has 7 heteroatoms. The molecule has 0 aliphatic heterocycles. The standard InChI is InChI=1S/C14H20BrN5O/c1-2-3-6-21-7-4-5-20-14(17-18-19-20)11-8-12(15)10-13(16)9-11/h8-10H,2-7,16H2,1H3. The highest BCUT2D eigenvalue weighted by Gasteiger charge is 2.10. The molecule has 0 fully saturated rings. The molecule has 114 valence electrons. The van der Waals surface area contributed by atoms with E-state index >= 15 is 0 Å². The smallest absolute Gasteiger partial charge is 0.182 e. The summed E-state index contributed by atoms with van der Waals surface area (Å²) >= 11 is 3.43. The zero-order chi connectivity index (χ0) is 15.1. The predicted molar refractivity (Wildman–Crippen MR) is 85.7 cm³/mol. The van der Waals surface area contributed by atoms with Gasteiger partial charge in [-0.05, 0) is 41.5 Å². The van der Waals surface area contributed by atoms with Gasteiger partial charge < -0.3 is 10.5 Å². The Balaban J connectivity index is 1.95. The maximum absolute atomic E-state index is 5.86. The molecule has 1 aromatic carbocycles. The Hall–Kier alpha value is -1.47. The van der Waals surface area contributed by atoms with Gasteiger partial charge in [0.05, 0.1) is 0 Å². The van der Waals surface area contributed by atoms with E-state index in [2.05, 4.69) is 38.4 Å². The van der Waals surface area contributed by atoms with Gasteiger partial charge in [0.25, 0.3) is 0 Å². The van der Waals surface area contributed by atoms with E-state index in [0.717, 1.165) is 54.9 Å². The molecule has 0 bridgehead atoms. The summed E-state index contributed by atoms with van der Waals surface area (Å²) in [5.74, 6) is 0.719. The van der Waals surface area contributed by atoms with Crippen LogP contribution in [-0.4, -0.2) is 33.4 Å². The number of nitrogen functional groups attached to an aromatic ring is 1. The first-order valence-electron chi connectivity index (χ1n) is 7.11. The average molecular weight is 354 g/mol. The largest absolute Gasteiger partial charge is 0.399 e. The third kappa shape index (κ3) is 4.78. The lowest BCUT2D eigenvalue weighted by Gasteiger charge is -2.07. The fourth-order valence-electron chi connectivity index (χ4n) is 1.97. The van der Waals surface area contributed by atoms with Crippen LogP contribution in [0.4, 0.5) is 5.69 Å². The molecule has 1 aromatic heterocycles. The number of tetrazole rings is 1. The van der Waals surface area contributed by atoms with Gasteiger partial charge in [-0.3, -0.25) is 0 Å². The highest BCUT2D eigenvalue weighted by molar-refractivity contribution is 9.10. The van der Waals surface area contributed by atoms with Crippen LogP contribution in [0.3, 0.4) is 0 Å². The number of hydrogen-bond donors (Lipinski definition) is 1. The Morgan fingerprint density at radius 2 is 2.05 bits per heavy atom. The van der Waals surface area contributed by atoms with Crippen molar-refractivity contribution >= 4 is 21.6 Å². The molecule has 2 aromatic rings. The molecule has 0 aliphatic rings. The van der Waals surface area contributed by atoms with Crippen molar-refractivity contribution in [2.24, 2.45) is 0 Å². The monoisotopic (exact) mass is 353 g/mol. The van der Waals surface area contributed by atoms with Gasteiger partial charge >= 0.3 is 0 Å². The fraction of sp³-hybridized carbons (Fsp3) is 0.500. The first kappa shape index (κ1) is 15.9. The second-order valence-corrected chi connectivity index (χ2v) is 5.73. The van der Waals surface area contributed by atoms with Crippen molar-refractivity contribution in [3.05, 3.63) is 22.7 Å². The van der Waals surface area contributed by atoms with Crippen LogP contribution in [0.2, 0.25) is 0 Å². The maximum atomic E-state index is 5.86. The van der Waals surface area contributed by atoms with Crippen molar-refractivity contribution in [3.63, 3.8) is 0 Å². The van der Waals surface area contributed by atoms with Crippen LogP contribution in [0.1, 0.15) is 26.2 Å². The molecule has 6 nitrogen and oxygen atoms in total. The van der Waals surface area contributed by atoms with Crippen LogP contribution >= 0.6 is 15.9 Å². The van der Waals surface area contributed by atoms with Crippen molar-refractivity contribution in [2.45, 2.75) is 32.7 Å². The third-order valence-electron chi connectivity index (χ3n) is 3.01. The molecule has 0 aliphatic carbocycles. The van der Waals surface area contributed by atoms with Gasteiger partial charge in [0.1, 0.15) is 0 Å². The predicted octanol–water partition coefficient (Wildman–Crippen LogP) is 2.89. The molecule has 21 heavy (non-hydrogen) atoms. The fourth-order valence-corrected chi connectivity index (χ4v) is 2.48. The third-order valence-corrected chi connectivity index (χ3v) is 3.47. The number of rotatable bonds is 8. The highest BCUT2D eigenvalue weighted by Crippen LogP contribution is 2.24. The van der Waals surface area contributed by atoms with Gasteiger partial charge in [-0.2, -0.15) is 0 Å². The van der Waals surface area contributed by atoms with Crippen molar-refractivity contribution in [3.8, 4) is 11.4 Å². The van der Waals surface area contributed by atoms with Gasteiger partial charge in [0.15, 0.2) is 5.82 Å².